The normalized spacial score (nSPS) is 17.4. The number of hydrogen-bond acceptors (Lipinski definition) is 4. The van der Waals surface area contributed by atoms with E-state index in [1.165, 1.54) is 0 Å². The predicted octanol–water partition coefficient (Wildman–Crippen LogP) is 3.04. The third kappa shape index (κ3) is 3.85. The second-order valence-electron chi connectivity index (χ2n) is 5.10. The van der Waals surface area contributed by atoms with Gasteiger partial charge in [-0.25, -0.2) is 9.59 Å². The third-order valence-corrected chi connectivity index (χ3v) is 4.06. The van der Waals surface area contributed by atoms with Gasteiger partial charge in [0.15, 0.2) is 0 Å². The van der Waals surface area contributed by atoms with Gasteiger partial charge in [0.2, 0.25) is 0 Å². The molecule has 1 aromatic carbocycles. The van der Waals surface area contributed by atoms with Crippen LogP contribution in [0.25, 0.3) is 0 Å². The lowest BCUT2D eigenvalue weighted by Gasteiger charge is -2.28. The summed E-state index contributed by atoms with van der Waals surface area (Å²) in [6, 6.07) is 4.47. The van der Waals surface area contributed by atoms with E-state index in [0.717, 1.165) is 16.5 Å². The minimum absolute atomic E-state index is 0.336. The number of halogens is 1. The molecule has 0 saturated heterocycles. The number of rotatable bonds is 5. The average Bonchev–Trinajstić information content (AvgIpc) is 2.51. The molecule has 0 bridgehead atoms. The van der Waals surface area contributed by atoms with Gasteiger partial charge in [0, 0.05) is 5.70 Å². The summed E-state index contributed by atoms with van der Waals surface area (Å²) in [5.41, 5.74) is 1.65. The fraction of sp³-hybridized carbons (Fsp3) is 0.375. The van der Waals surface area contributed by atoms with Crippen LogP contribution in [0, 0.1) is 0 Å². The van der Waals surface area contributed by atoms with Crippen LogP contribution in [0.4, 0.5) is 4.79 Å². The fourth-order valence-corrected chi connectivity index (χ4v) is 2.91. The first-order valence-electron chi connectivity index (χ1n) is 7.26. The first-order valence-corrected chi connectivity index (χ1v) is 8.06. The van der Waals surface area contributed by atoms with Crippen molar-refractivity contribution in [3.8, 4) is 5.75 Å². The Hall–Kier alpha value is -2.02. The van der Waals surface area contributed by atoms with Gasteiger partial charge in [0.1, 0.15) is 5.75 Å². The zero-order valence-electron chi connectivity index (χ0n) is 13.2. The van der Waals surface area contributed by atoms with E-state index in [9.17, 15) is 9.59 Å². The van der Waals surface area contributed by atoms with Gasteiger partial charge in [-0.05, 0) is 47.0 Å². The van der Waals surface area contributed by atoms with Crippen molar-refractivity contribution in [1.29, 1.82) is 0 Å². The molecule has 0 aromatic heterocycles. The lowest BCUT2D eigenvalue weighted by atomic mass is 9.95. The Morgan fingerprint density at radius 2 is 2.13 bits per heavy atom. The number of ether oxygens (including phenoxy) is 2. The van der Waals surface area contributed by atoms with E-state index in [4.69, 9.17) is 9.47 Å². The summed E-state index contributed by atoms with van der Waals surface area (Å²) in [5.74, 6) is 0.235. The second kappa shape index (κ2) is 7.50. The maximum atomic E-state index is 12.4. The van der Waals surface area contributed by atoms with Crippen LogP contribution in [0.2, 0.25) is 0 Å². The number of urea groups is 1. The lowest BCUT2D eigenvalue weighted by Crippen LogP contribution is -2.45. The van der Waals surface area contributed by atoms with Crippen molar-refractivity contribution in [3.63, 3.8) is 0 Å². The number of allylic oxidation sites excluding steroid dienone is 1. The number of carbonyl (C=O) groups is 2. The highest BCUT2D eigenvalue weighted by atomic mass is 79.9. The highest BCUT2D eigenvalue weighted by Gasteiger charge is 2.32. The molecule has 124 valence electrons. The molecule has 1 aromatic rings. The molecule has 1 unspecified atom stereocenters. The Kier molecular flexibility index (Phi) is 5.65. The van der Waals surface area contributed by atoms with E-state index in [-0.39, 0.29) is 6.03 Å². The number of nitrogens with one attached hydrogen (secondary N) is 2. The molecular weight excluding hydrogens is 364 g/mol. The summed E-state index contributed by atoms with van der Waals surface area (Å²) in [6.07, 6.45) is 0.733. The smallest absolute Gasteiger partial charge is 0.338 e. The van der Waals surface area contributed by atoms with Crippen LogP contribution < -0.4 is 15.4 Å². The molecule has 0 spiro atoms. The summed E-state index contributed by atoms with van der Waals surface area (Å²) in [6.45, 7) is 3.95. The van der Waals surface area contributed by atoms with Crippen LogP contribution in [0.5, 0.6) is 5.75 Å². The number of benzene rings is 1. The first-order chi connectivity index (χ1) is 11.0. The quantitative estimate of drug-likeness (QED) is 0.767. The van der Waals surface area contributed by atoms with E-state index in [2.05, 4.69) is 26.6 Å². The maximum absolute atomic E-state index is 12.4. The van der Waals surface area contributed by atoms with E-state index in [1.807, 2.05) is 13.0 Å². The van der Waals surface area contributed by atoms with Gasteiger partial charge < -0.3 is 20.1 Å². The standard InChI is InChI=1S/C16H19BrN2O4/c1-4-7-23-15(20)13-9(2)18-16(21)19-14(13)10-5-6-12(22-3)11(17)8-10/h5-6,8,14H,4,7H2,1-3H3,(H2,18,19,21). The third-order valence-electron chi connectivity index (χ3n) is 3.44. The maximum Gasteiger partial charge on any atom is 0.338 e. The molecular formula is C16H19BrN2O4. The van der Waals surface area contributed by atoms with Gasteiger partial charge in [0.05, 0.1) is 29.8 Å². The molecule has 2 N–H and O–H groups in total. The Bertz CT molecular complexity index is 657. The summed E-state index contributed by atoms with van der Waals surface area (Å²) in [7, 11) is 1.57. The summed E-state index contributed by atoms with van der Waals surface area (Å²) in [4.78, 5) is 24.2. The molecule has 1 aliphatic heterocycles. The Morgan fingerprint density at radius 1 is 1.39 bits per heavy atom. The topological polar surface area (TPSA) is 76.7 Å². The summed E-state index contributed by atoms with van der Waals surface area (Å²) in [5, 5.41) is 5.38. The van der Waals surface area contributed by atoms with Gasteiger partial charge in [-0.3, -0.25) is 0 Å². The van der Waals surface area contributed by atoms with E-state index in [1.54, 1.807) is 26.2 Å². The van der Waals surface area contributed by atoms with Crippen molar-refractivity contribution in [3.05, 3.63) is 39.5 Å². The molecule has 2 rings (SSSR count). The largest absolute Gasteiger partial charge is 0.496 e. The molecule has 0 radical (unpaired) electrons. The van der Waals surface area contributed by atoms with Crippen LogP contribution in [-0.2, 0) is 9.53 Å². The highest BCUT2D eigenvalue weighted by Crippen LogP contribution is 2.33. The molecule has 1 atom stereocenters. The average molecular weight is 383 g/mol. The molecule has 0 aliphatic carbocycles. The Balaban J connectivity index is 2.40. The molecule has 6 nitrogen and oxygen atoms in total. The van der Waals surface area contributed by atoms with Crippen molar-refractivity contribution >= 4 is 27.9 Å². The zero-order valence-corrected chi connectivity index (χ0v) is 14.8. The summed E-state index contributed by atoms with van der Waals surface area (Å²) < 4.78 is 11.2. The predicted molar refractivity (Wildman–Crippen MR) is 89.1 cm³/mol. The summed E-state index contributed by atoms with van der Waals surface area (Å²) >= 11 is 3.42. The van der Waals surface area contributed by atoms with E-state index >= 15 is 0 Å². The molecule has 1 aliphatic rings. The van der Waals surface area contributed by atoms with Crippen molar-refractivity contribution in [1.82, 2.24) is 10.6 Å². The van der Waals surface area contributed by atoms with Gasteiger partial charge in [-0.1, -0.05) is 13.0 Å². The van der Waals surface area contributed by atoms with Gasteiger partial charge in [0.25, 0.3) is 0 Å². The van der Waals surface area contributed by atoms with Crippen LogP contribution in [-0.4, -0.2) is 25.7 Å². The van der Waals surface area contributed by atoms with Crippen molar-refractivity contribution in [2.75, 3.05) is 13.7 Å². The molecule has 1 heterocycles. The highest BCUT2D eigenvalue weighted by molar-refractivity contribution is 9.10. The lowest BCUT2D eigenvalue weighted by molar-refractivity contribution is -0.139. The number of esters is 1. The number of amides is 2. The van der Waals surface area contributed by atoms with Crippen molar-refractivity contribution in [2.24, 2.45) is 0 Å². The SMILES string of the molecule is CCCOC(=O)C1=C(C)NC(=O)NC1c1ccc(OC)c(Br)c1. The van der Waals surface area contributed by atoms with Crippen LogP contribution in [0.3, 0.4) is 0 Å². The first kappa shape index (κ1) is 17.3. The van der Waals surface area contributed by atoms with E-state index in [0.29, 0.717) is 23.6 Å². The van der Waals surface area contributed by atoms with Gasteiger partial charge in [-0.2, -0.15) is 0 Å². The number of hydrogen-bond donors (Lipinski definition) is 2. The minimum Gasteiger partial charge on any atom is -0.496 e. The number of carbonyl (C=O) groups excluding carboxylic acids is 2. The zero-order chi connectivity index (χ0) is 17.0. The molecule has 2 amide bonds. The Labute approximate surface area is 143 Å². The van der Waals surface area contributed by atoms with Gasteiger partial charge >= 0.3 is 12.0 Å². The van der Waals surface area contributed by atoms with Crippen LogP contribution in [0.1, 0.15) is 31.9 Å². The van der Waals surface area contributed by atoms with E-state index < -0.39 is 12.0 Å². The van der Waals surface area contributed by atoms with Crippen molar-refractivity contribution in [2.45, 2.75) is 26.3 Å². The monoisotopic (exact) mass is 382 g/mol. The molecule has 7 heteroatoms. The second-order valence-corrected chi connectivity index (χ2v) is 5.95. The van der Waals surface area contributed by atoms with Crippen molar-refractivity contribution < 1.29 is 19.1 Å². The van der Waals surface area contributed by atoms with Crippen LogP contribution >= 0.6 is 15.9 Å². The van der Waals surface area contributed by atoms with Gasteiger partial charge in [-0.15, -0.1) is 0 Å². The van der Waals surface area contributed by atoms with Crippen LogP contribution in [0.15, 0.2) is 33.9 Å². The fourth-order valence-electron chi connectivity index (χ4n) is 2.35. The number of methoxy groups -OCH3 is 1. The Morgan fingerprint density at radius 3 is 2.74 bits per heavy atom. The molecule has 23 heavy (non-hydrogen) atoms. The molecule has 0 fully saturated rings. The molecule has 0 saturated carbocycles. The minimum atomic E-state index is -0.574.